The van der Waals surface area contributed by atoms with Crippen LogP contribution in [-0.4, -0.2) is 26.4 Å². The summed E-state index contributed by atoms with van der Waals surface area (Å²) in [5, 5.41) is 0. The molecule has 1 rings (SSSR count). The molecule has 1 aromatic rings. The van der Waals surface area contributed by atoms with Crippen LogP contribution in [0.5, 0.6) is 0 Å². The highest BCUT2D eigenvalue weighted by Gasteiger charge is 1.99. The minimum atomic E-state index is -3.83. The molecule has 0 aromatic heterocycles. The molecule has 0 aliphatic heterocycles. The van der Waals surface area contributed by atoms with E-state index in [4.69, 9.17) is 19.0 Å². The number of nitrogen functional groups attached to an aromatic ring is 1. The van der Waals surface area contributed by atoms with E-state index in [2.05, 4.69) is 42.1 Å². The van der Waals surface area contributed by atoms with Crippen molar-refractivity contribution in [2.75, 3.05) is 23.7 Å². The maximum absolute atomic E-state index is 9.11. The van der Waals surface area contributed by atoms with Gasteiger partial charge in [0.1, 0.15) is 0 Å². The van der Waals surface area contributed by atoms with E-state index in [1.807, 2.05) is 12.1 Å². The molecule has 0 spiro atoms. The van der Waals surface area contributed by atoms with Gasteiger partial charge in [0.2, 0.25) is 0 Å². The Hall–Kier alpha value is -0.890. The largest absolute Gasteiger partial charge is 0.399 e. The van der Waals surface area contributed by atoms with Gasteiger partial charge in [0.15, 0.2) is 0 Å². The van der Waals surface area contributed by atoms with Crippen LogP contribution in [0.2, 0.25) is 0 Å². The zero-order valence-corrected chi connectivity index (χ0v) is 11.5. The van der Waals surface area contributed by atoms with Gasteiger partial charge in [-0.15, -0.1) is 0 Å². The van der Waals surface area contributed by atoms with Crippen molar-refractivity contribution in [3.05, 3.63) is 24.3 Å². The van der Waals surface area contributed by atoms with Crippen LogP contribution in [0.1, 0.15) is 13.8 Å². The van der Waals surface area contributed by atoms with E-state index in [-0.39, 0.29) is 0 Å². The van der Waals surface area contributed by atoms with Crippen molar-refractivity contribution >= 4 is 31.6 Å². The second-order valence-corrected chi connectivity index (χ2v) is 5.41. The summed E-state index contributed by atoms with van der Waals surface area (Å²) < 4.78 is 24.0. The highest BCUT2D eigenvalue weighted by Crippen LogP contribution is 2.15. The molecule has 17 heavy (non-hydrogen) atoms. The summed E-state index contributed by atoms with van der Waals surface area (Å²) in [6, 6.07) is 7.99. The Morgan fingerprint density at radius 3 is 1.88 bits per heavy atom. The van der Waals surface area contributed by atoms with Crippen molar-refractivity contribution in [3.63, 3.8) is 0 Å². The maximum Gasteiger partial charge on any atom is 0.263 e. The zero-order valence-electron chi connectivity index (χ0n) is 9.87. The monoisotopic (exact) mass is 278 g/mol. The number of rotatable bonds is 3. The first-order valence-electron chi connectivity index (χ1n) is 5.08. The molecule has 0 unspecified atom stereocenters. The molecule has 1 aromatic carbocycles. The second-order valence-electron chi connectivity index (χ2n) is 3.21. The third-order valence-corrected chi connectivity index (χ3v) is 2.02. The fourth-order valence-electron chi connectivity index (χ4n) is 1.27. The van der Waals surface area contributed by atoms with Gasteiger partial charge in [-0.1, -0.05) is 0 Å². The molecular weight excluding hydrogens is 260 g/mol. The standard InChI is InChI=1S/C10H16N2.H2O3S2/c1-3-12(4-2)10-7-5-9(11)6-8-10;1-5(2,3)4/h5-8H,3-4,11H2,1-2H3;(H2,1,2,3,4). The average Bonchev–Trinajstić information content (AvgIpc) is 2.20. The molecule has 0 saturated carbocycles. The van der Waals surface area contributed by atoms with Crippen molar-refractivity contribution in [2.45, 2.75) is 13.8 Å². The van der Waals surface area contributed by atoms with Crippen LogP contribution in [-0.2, 0) is 20.2 Å². The summed E-state index contributed by atoms with van der Waals surface area (Å²) in [7, 11) is -3.83. The minimum Gasteiger partial charge on any atom is -0.399 e. The normalized spacial score (nSPS) is 10.4. The first-order valence-corrected chi connectivity index (χ1v) is 7.48. The van der Waals surface area contributed by atoms with Crippen molar-refractivity contribution in [2.24, 2.45) is 0 Å². The lowest BCUT2D eigenvalue weighted by Crippen LogP contribution is -2.21. The van der Waals surface area contributed by atoms with Crippen LogP contribution in [0, 0.1) is 0 Å². The third kappa shape index (κ3) is 8.87. The molecular formula is C10H18N2O3S2. The highest BCUT2D eigenvalue weighted by atomic mass is 32.9. The lowest BCUT2D eigenvalue weighted by Gasteiger charge is -2.20. The molecule has 0 aliphatic carbocycles. The summed E-state index contributed by atoms with van der Waals surface area (Å²) >= 11 is 3.47. The molecule has 0 bridgehead atoms. The Labute approximate surface area is 107 Å². The molecule has 4 N–H and O–H groups in total. The van der Waals surface area contributed by atoms with Gasteiger partial charge in [0.25, 0.3) is 9.05 Å². The van der Waals surface area contributed by atoms with Crippen molar-refractivity contribution in [1.82, 2.24) is 0 Å². The Morgan fingerprint density at radius 2 is 1.59 bits per heavy atom. The zero-order chi connectivity index (χ0) is 13.5. The molecule has 98 valence electrons. The van der Waals surface area contributed by atoms with E-state index in [0.717, 1.165) is 18.8 Å². The topological polar surface area (TPSA) is 86.8 Å². The van der Waals surface area contributed by atoms with Gasteiger partial charge >= 0.3 is 0 Å². The Kier molecular flexibility index (Phi) is 7.05. The van der Waals surface area contributed by atoms with Gasteiger partial charge in [-0.3, -0.25) is 9.11 Å². The van der Waals surface area contributed by atoms with E-state index in [9.17, 15) is 0 Å². The van der Waals surface area contributed by atoms with E-state index >= 15 is 0 Å². The quantitative estimate of drug-likeness (QED) is 0.731. The molecule has 0 radical (unpaired) electrons. The van der Waals surface area contributed by atoms with Gasteiger partial charge in [-0.2, -0.15) is 4.21 Å². The fraction of sp³-hybridized carbons (Fsp3) is 0.400. The number of hydrogen-bond donors (Lipinski definition) is 3. The van der Waals surface area contributed by atoms with E-state index in [1.54, 1.807) is 0 Å². The summed E-state index contributed by atoms with van der Waals surface area (Å²) in [4.78, 5) is 2.29. The van der Waals surface area contributed by atoms with Crippen LogP contribution in [0.3, 0.4) is 0 Å². The predicted molar refractivity (Wildman–Crippen MR) is 75.2 cm³/mol. The Balaban J connectivity index is 0.000000437. The lowest BCUT2D eigenvalue weighted by atomic mass is 10.2. The van der Waals surface area contributed by atoms with Crippen molar-refractivity contribution in [3.8, 4) is 0 Å². The molecule has 0 atom stereocenters. The van der Waals surface area contributed by atoms with Crippen molar-refractivity contribution < 1.29 is 13.3 Å². The Morgan fingerprint density at radius 1 is 1.24 bits per heavy atom. The van der Waals surface area contributed by atoms with E-state index < -0.39 is 9.05 Å². The molecule has 0 heterocycles. The predicted octanol–water partition coefficient (Wildman–Crippen LogP) is 1.79. The number of hydrogen-bond acceptors (Lipinski definition) is 4. The van der Waals surface area contributed by atoms with Gasteiger partial charge in [0.05, 0.1) is 0 Å². The van der Waals surface area contributed by atoms with Gasteiger partial charge < -0.3 is 10.6 Å². The smallest absolute Gasteiger partial charge is 0.263 e. The molecule has 0 saturated heterocycles. The summed E-state index contributed by atoms with van der Waals surface area (Å²) in [6.45, 7) is 6.39. The molecule has 0 amide bonds. The average molecular weight is 278 g/mol. The maximum atomic E-state index is 9.11. The molecule has 7 heteroatoms. The Bertz CT molecular complexity index is 406. The molecule has 5 nitrogen and oxygen atoms in total. The van der Waals surface area contributed by atoms with Gasteiger partial charge in [-0.05, 0) is 38.1 Å². The van der Waals surface area contributed by atoms with Crippen LogP contribution >= 0.6 is 0 Å². The van der Waals surface area contributed by atoms with E-state index in [1.165, 1.54) is 5.69 Å². The fourth-order valence-corrected chi connectivity index (χ4v) is 1.27. The highest BCUT2D eigenvalue weighted by molar-refractivity contribution is 8.26. The molecule has 0 fully saturated rings. The van der Waals surface area contributed by atoms with Gasteiger partial charge in [0, 0.05) is 35.7 Å². The number of nitrogens with two attached hydrogens (primary N) is 1. The van der Waals surface area contributed by atoms with Gasteiger partial charge in [-0.25, -0.2) is 0 Å². The summed E-state index contributed by atoms with van der Waals surface area (Å²) in [5.41, 5.74) is 7.66. The molecule has 0 aliphatic rings. The first kappa shape index (κ1) is 16.1. The second kappa shape index (κ2) is 7.44. The van der Waals surface area contributed by atoms with Crippen molar-refractivity contribution in [1.29, 1.82) is 0 Å². The van der Waals surface area contributed by atoms with Crippen LogP contribution < -0.4 is 10.6 Å². The van der Waals surface area contributed by atoms with Crippen LogP contribution in [0.4, 0.5) is 11.4 Å². The lowest BCUT2D eigenvalue weighted by molar-refractivity contribution is 0.450. The summed E-state index contributed by atoms with van der Waals surface area (Å²) in [6.07, 6.45) is 0. The number of nitrogens with zero attached hydrogens (tertiary/aromatic N) is 1. The third-order valence-electron chi connectivity index (χ3n) is 2.02. The van der Waals surface area contributed by atoms with Crippen LogP contribution in [0.15, 0.2) is 24.3 Å². The van der Waals surface area contributed by atoms with E-state index in [0.29, 0.717) is 0 Å². The SMILES string of the molecule is CCN(CC)c1ccc(N)cc1.O=S(O)(O)=S. The number of benzene rings is 1. The number of anilines is 2. The summed E-state index contributed by atoms with van der Waals surface area (Å²) in [5.74, 6) is 0. The first-order chi connectivity index (χ1) is 7.77. The minimum absolute atomic E-state index is 0.825. The van der Waals surface area contributed by atoms with Crippen LogP contribution in [0.25, 0.3) is 0 Å².